The topological polar surface area (TPSA) is 44.5 Å². The second kappa shape index (κ2) is 6.80. The molecular weight excluding hydrogens is 262 g/mol. The van der Waals surface area contributed by atoms with Crippen LogP contribution in [0.2, 0.25) is 0 Å². The summed E-state index contributed by atoms with van der Waals surface area (Å²) in [6.07, 6.45) is 3.14. The average Bonchev–Trinajstić information content (AvgIpc) is 2.47. The Morgan fingerprint density at radius 1 is 1.19 bits per heavy atom. The Morgan fingerprint density at radius 3 is 2.38 bits per heavy atom. The molecule has 3 heteroatoms. The Bertz CT molecular complexity index is 441. The Hall–Kier alpha value is -1.06. The minimum atomic E-state index is 0.0386. The van der Waals surface area contributed by atoms with Crippen LogP contribution in [-0.2, 0) is 10.2 Å². The van der Waals surface area contributed by atoms with Crippen molar-refractivity contribution in [3.05, 3.63) is 29.8 Å². The van der Waals surface area contributed by atoms with Gasteiger partial charge in [-0.3, -0.25) is 0 Å². The zero-order valence-corrected chi connectivity index (χ0v) is 13.8. The van der Waals surface area contributed by atoms with Crippen molar-refractivity contribution in [1.29, 1.82) is 0 Å². The summed E-state index contributed by atoms with van der Waals surface area (Å²) in [7, 11) is 0. The maximum absolute atomic E-state index is 6.03. The van der Waals surface area contributed by atoms with Gasteiger partial charge in [-0.2, -0.15) is 0 Å². The fraction of sp³-hybridized carbons (Fsp3) is 0.667. The summed E-state index contributed by atoms with van der Waals surface area (Å²) >= 11 is 0. The van der Waals surface area contributed by atoms with Crippen molar-refractivity contribution >= 4 is 0 Å². The molecule has 1 aromatic carbocycles. The summed E-state index contributed by atoms with van der Waals surface area (Å²) < 4.78 is 11.8. The highest BCUT2D eigenvalue weighted by Gasteiger charge is 2.41. The Balaban J connectivity index is 1.94. The first-order chi connectivity index (χ1) is 9.97. The molecule has 1 saturated carbocycles. The first kappa shape index (κ1) is 16.3. The summed E-state index contributed by atoms with van der Waals surface area (Å²) in [5.41, 5.74) is 7.56. The molecule has 1 aliphatic carbocycles. The van der Waals surface area contributed by atoms with E-state index in [2.05, 4.69) is 52.0 Å². The fourth-order valence-corrected chi connectivity index (χ4v) is 2.58. The molecule has 3 unspecified atom stereocenters. The lowest BCUT2D eigenvalue weighted by atomic mass is 9.82. The largest absolute Gasteiger partial charge is 0.488 e. The highest BCUT2D eigenvalue weighted by Crippen LogP contribution is 2.31. The van der Waals surface area contributed by atoms with Crippen LogP contribution >= 0.6 is 0 Å². The molecular formula is C18H29NO2. The number of hydrogen-bond donors (Lipinski definition) is 1. The molecule has 0 aliphatic heterocycles. The fourth-order valence-electron chi connectivity index (χ4n) is 2.58. The van der Waals surface area contributed by atoms with Crippen molar-refractivity contribution in [3.63, 3.8) is 0 Å². The number of rotatable bonds is 7. The molecule has 118 valence electrons. The minimum absolute atomic E-state index is 0.0386. The third-order valence-electron chi connectivity index (χ3n) is 4.61. The molecule has 2 N–H and O–H groups in total. The first-order valence-corrected chi connectivity index (χ1v) is 8.12. The van der Waals surface area contributed by atoms with Gasteiger partial charge in [0.25, 0.3) is 0 Å². The van der Waals surface area contributed by atoms with E-state index in [9.17, 15) is 0 Å². The SMILES string of the molecule is CCCOC1C(N)CC1Oc1ccc(C(C)(C)CC)cc1. The average molecular weight is 291 g/mol. The molecule has 3 atom stereocenters. The van der Waals surface area contributed by atoms with Crippen LogP contribution in [0.15, 0.2) is 24.3 Å². The van der Waals surface area contributed by atoms with Crippen LogP contribution < -0.4 is 10.5 Å². The van der Waals surface area contributed by atoms with Crippen LogP contribution in [0.1, 0.15) is 52.5 Å². The van der Waals surface area contributed by atoms with E-state index in [1.165, 1.54) is 5.56 Å². The van der Waals surface area contributed by atoms with E-state index < -0.39 is 0 Å². The van der Waals surface area contributed by atoms with E-state index in [0.717, 1.165) is 31.6 Å². The second-order valence-corrected chi connectivity index (χ2v) is 6.65. The number of nitrogens with two attached hydrogens (primary N) is 1. The molecule has 0 saturated heterocycles. The van der Waals surface area contributed by atoms with E-state index in [4.69, 9.17) is 15.2 Å². The predicted molar refractivity (Wildman–Crippen MR) is 86.8 cm³/mol. The molecule has 0 heterocycles. The maximum Gasteiger partial charge on any atom is 0.128 e. The molecule has 0 radical (unpaired) electrons. The molecule has 0 amide bonds. The third kappa shape index (κ3) is 3.78. The predicted octanol–water partition coefficient (Wildman–Crippen LogP) is 3.65. The molecule has 0 aromatic heterocycles. The first-order valence-electron chi connectivity index (χ1n) is 8.12. The third-order valence-corrected chi connectivity index (χ3v) is 4.61. The molecule has 3 nitrogen and oxygen atoms in total. The van der Waals surface area contributed by atoms with Crippen LogP contribution in [-0.4, -0.2) is 24.9 Å². The maximum atomic E-state index is 6.03. The van der Waals surface area contributed by atoms with Crippen LogP contribution in [0.4, 0.5) is 0 Å². The van der Waals surface area contributed by atoms with E-state index >= 15 is 0 Å². The highest BCUT2D eigenvalue weighted by molar-refractivity contribution is 5.32. The van der Waals surface area contributed by atoms with Crippen LogP contribution in [0.5, 0.6) is 5.75 Å². The lowest BCUT2D eigenvalue weighted by Crippen LogP contribution is -2.59. The van der Waals surface area contributed by atoms with Gasteiger partial charge in [0.05, 0.1) is 0 Å². The van der Waals surface area contributed by atoms with Gasteiger partial charge < -0.3 is 15.2 Å². The van der Waals surface area contributed by atoms with Crippen LogP contribution in [0.25, 0.3) is 0 Å². The lowest BCUT2D eigenvalue weighted by molar-refractivity contribution is -0.0980. The van der Waals surface area contributed by atoms with Gasteiger partial charge in [0.2, 0.25) is 0 Å². The van der Waals surface area contributed by atoms with E-state index in [-0.39, 0.29) is 23.7 Å². The molecule has 1 aromatic rings. The molecule has 0 spiro atoms. The van der Waals surface area contributed by atoms with Crippen molar-refractivity contribution in [2.75, 3.05) is 6.61 Å². The smallest absolute Gasteiger partial charge is 0.128 e. The summed E-state index contributed by atoms with van der Waals surface area (Å²) in [4.78, 5) is 0. The van der Waals surface area contributed by atoms with Gasteiger partial charge in [-0.25, -0.2) is 0 Å². The van der Waals surface area contributed by atoms with E-state index in [0.29, 0.717) is 0 Å². The number of benzene rings is 1. The zero-order chi connectivity index (χ0) is 15.5. The van der Waals surface area contributed by atoms with Gasteiger partial charge in [0, 0.05) is 19.1 Å². The number of hydrogen-bond acceptors (Lipinski definition) is 3. The second-order valence-electron chi connectivity index (χ2n) is 6.65. The number of ether oxygens (including phenoxy) is 2. The van der Waals surface area contributed by atoms with Crippen molar-refractivity contribution < 1.29 is 9.47 Å². The van der Waals surface area contributed by atoms with Crippen molar-refractivity contribution in [2.45, 2.75) is 70.6 Å². The van der Waals surface area contributed by atoms with Gasteiger partial charge >= 0.3 is 0 Å². The molecule has 1 aliphatic rings. The van der Waals surface area contributed by atoms with E-state index in [1.54, 1.807) is 0 Å². The van der Waals surface area contributed by atoms with Crippen molar-refractivity contribution in [3.8, 4) is 5.75 Å². The van der Waals surface area contributed by atoms with Gasteiger partial charge in [-0.1, -0.05) is 39.8 Å². The zero-order valence-electron chi connectivity index (χ0n) is 13.8. The molecule has 2 rings (SSSR count). The monoisotopic (exact) mass is 291 g/mol. The Morgan fingerprint density at radius 2 is 1.86 bits per heavy atom. The van der Waals surface area contributed by atoms with Gasteiger partial charge in [-0.05, 0) is 36.0 Å². The van der Waals surface area contributed by atoms with Gasteiger partial charge in [-0.15, -0.1) is 0 Å². The Kier molecular flexibility index (Phi) is 5.28. The standard InChI is InChI=1S/C18H29NO2/c1-5-11-20-17-15(19)12-16(17)21-14-9-7-13(8-10-14)18(3,4)6-2/h7-10,15-17H,5-6,11-12,19H2,1-4H3. The minimum Gasteiger partial charge on any atom is -0.488 e. The molecule has 1 fully saturated rings. The molecule has 0 bridgehead atoms. The quantitative estimate of drug-likeness (QED) is 0.834. The summed E-state index contributed by atoms with van der Waals surface area (Å²) in [5, 5.41) is 0. The molecule has 21 heavy (non-hydrogen) atoms. The van der Waals surface area contributed by atoms with Gasteiger partial charge in [0.15, 0.2) is 0 Å². The van der Waals surface area contributed by atoms with Crippen LogP contribution in [0.3, 0.4) is 0 Å². The van der Waals surface area contributed by atoms with E-state index in [1.807, 2.05) is 0 Å². The van der Waals surface area contributed by atoms with Crippen molar-refractivity contribution in [2.24, 2.45) is 5.73 Å². The highest BCUT2D eigenvalue weighted by atomic mass is 16.5. The van der Waals surface area contributed by atoms with Gasteiger partial charge in [0.1, 0.15) is 18.0 Å². The lowest BCUT2D eigenvalue weighted by Gasteiger charge is -2.41. The summed E-state index contributed by atoms with van der Waals surface area (Å²) in [6.45, 7) is 9.61. The Labute approximate surface area is 128 Å². The summed E-state index contributed by atoms with van der Waals surface area (Å²) in [5.74, 6) is 0.910. The normalized spacial score (nSPS) is 25.5. The van der Waals surface area contributed by atoms with Crippen molar-refractivity contribution in [1.82, 2.24) is 0 Å². The van der Waals surface area contributed by atoms with Crippen LogP contribution in [0, 0.1) is 0 Å². The summed E-state index contributed by atoms with van der Waals surface area (Å²) in [6, 6.07) is 8.57.